The summed E-state index contributed by atoms with van der Waals surface area (Å²) >= 11 is 5.98. The highest BCUT2D eigenvalue weighted by Crippen LogP contribution is 2.21. The number of likely N-dealkylation sites (N-methyl/N-ethyl adjacent to an activating group) is 1. The van der Waals surface area contributed by atoms with Crippen molar-refractivity contribution in [3.63, 3.8) is 0 Å². The number of aliphatic hydroxyl groups excluding tert-OH is 1. The maximum absolute atomic E-state index is 9.11. The second kappa shape index (κ2) is 5.22. The van der Waals surface area contributed by atoms with Crippen molar-refractivity contribution < 1.29 is 5.11 Å². The number of benzene rings is 1. The predicted molar refractivity (Wildman–Crippen MR) is 55.0 cm³/mol. The second-order valence-electron chi connectivity index (χ2n) is 2.81. The molecule has 0 spiro atoms. The quantitative estimate of drug-likeness (QED) is 0.778. The van der Waals surface area contributed by atoms with Gasteiger partial charge in [0.15, 0.2) is 0 Å². The van der Waals surface area contributed by atoms with Crippen molar-refractivity contribution in [2.45, 2.75) is 13.0 Å². The fraction of sp³-hybridized carbons (Fsp3) is 0.400. The summed E-state index contributed by atoms with van der Waals surface area (Å²) < 4.78 is 0. The van der Waals surface area contributed by atoms with Crippen LogP contribution in [0.5, 0.6) is 0 Å². The summed E-state index contributed by atoms with van der Waals surface area (Å²) in [4.78, 5) is 0. The summed E-state index contributed by atoms with van der Waals surface area (Å²) in [6.07, 6.45) is 0. The normalized spacial score (nSPS) is 12.8. The number of halogens is 1. The fourth-order valence-corrected chi connectivity index (χ4v) is 1.54. The first kappa shape index (κ1) is 10.5. The van der Waals surface area contributed by atoms with E-state index in [9.17, 15) is 0 Å². The molecule has 0 saturated carbocycles. The van der Waals surface area contributed by atoms with E-state index in [0.717, 1.165) is 12.1 Å². The summed E-state index contributed by atoms with van der Waals surface area (Å²) in [6, 6.07) is 7.50. The molecule has 2 nitrogen and oxygen atoms in total. The van der Waals surface area contributed by atoms with Crippen molar-refractivity contribution in [3.8, 4) is 0 Å². The van der Waals surface area contributed by atoms with Crippen molar-refractivity contribution in [1.82, 2.24) is 5.32 Å². The van der Waals surface area contributed by atoms with Crippen LogP contribution >= 0.6 is 11.6 Å². The van der Waals surface area contributed by atoms with Crippen LogP contribution in [0.25, 0.3) is 0 Å². The third-order valence-electron chi connectivity index (χ3n) is 1.91. The van der Waals surface area contributed by atoms with Crippen molar-refractivity contribution >= 4 is 11.6 Å². The Morgan fingerprint density at radius 1 is 1.46 bits per heavy atom. The van der Waals surface area contributed by atoms with Gasteiger partial charge >= 0.3 is 0 Å². The molecule has 1 aromatic rings. The predicted octanol–water partition coefficient (Wildman–Crippen LogP) is 1.98. The van der Waals surface area contributed by atoms with Gasteiger partial charge in [-0.1, -0.05) is 36.7 Å². The molecule has 0 bridgehead atoms. The Kier molecular flexibility index (Phi) is 4.22. The monoisotopic (exact) mass is 199 g/mol. The molecule has 0 amide bonds. The van der Waals surface area contributed by atoms with Crippen LogP contribution < -0.4 is 5.32 Å². The molecule has 1 aromatic carbocycles. The molecule has 0 radical (unpaired) electrons. The zero-order valence-corrected chi connectivity index (χ0v) is 8.38. The molecule has 2 N–H and O–H groups in total. The van der Waals surface area contributed by atoms with E-state index in [1.165, 1.54) is 0 Å². The maximum atomic E-state index is 9.11. The second-order valence-corrected chi connectivity index (χ2v) is 3.22. The largest absolute Gasteiger partial charge is 0.394 e. The molecule has 3 heteroatoms. The molecule has 1 atom stereocenters. The molecule has 0 aromatic heterocycles. The van der Waals surface area contributed by atoms with Gasteiger partial charge < -0.3 is 10.4 Å². The van der Waals surface area contributed by atoms with Crippen LogP contribution in [0.4, 0.5) is 0 Å². The van der Waals surface area contributed by atoms with Crippen LogP contribution in [-0.4, -0.2) is 18.3 Å². The first-order chi connectivity index (χ1) is 6.29. The third-order valence-corrected chi connectivity index (χ3v) is 2.26. The number of nitrogens with one attached hydrogen (secondary N) is 1. The Morgan fingerprint density at radius 2 is 2.15 bits per heavy atom. The zero-order chi connectivity index (χ0) is 9.68. The molecular weight excluding hydrogens is 186 g/mol. The van der Waals surface area contributed by atoms with Crippen molar-refractivity contribution in [2.24, 2.45) is 0 Å². The van der Waals surface area contributed by atoms with Gasteiger partial charge in [-0.2, -0.15) is 0 Å². The number of hydrogen-bond acceptors (Lipinski definition) is 2. The van der Waals surface area contributed by atoms with Gasteiger partial charge in [-0.3, -0.25) is 0 Å². The van der Waals surface area contributed by atoms with Gasteiger partial charge in [0.2, 0.25) is 0 Å². The van der Waals surface area contributed by atoms with Crippen LogP contribution in [0.1, 0.15) is 18.5 Å². The summed E-state index contributed by atoms with van der Waals surface area (Å²) in [5.41, 5.74) is 0.952. The van der Waals surface area contributed by atoms with Crippen molar-refractivity contribution in [3.05, 3.63) is 34.9 Å². The van der Waals surface area contributed by atoms with E-state index >= 15 is 0 Å². The molecule has 0 aliphatic heterocycles. The molecule has 0 aliphatic carbocycles. The van der Waals surface area contributed by atoms with Crippen LogP contribution in [0.2, 0.25) is 5.02 Å². The number of aliphatic hydroxyl groups is 1. The minimum atomic E-state index is -0.0568. The highest BCUT2D eigenvalue weighted by atomic mass is 35.5. The van der Waals surface area contributed by atoms with Gasteiger partial charge in [0.1, 0.15) is 0 Å². The Labute approximate surface area is 83.5 Å². The van der Waals surface area contributed by atoms with E-state index in [1.807, 2.05) is 31.2 Å². The van der Waals surface area contributed by atoms with Crippen LogP contribution in [0, 0.1) is 0 Å². The SMILES string of the molecule is CCNC(CO)c1ccccc1Cl. The van der Waals surface area contributed by atoms with E-state index in [2.05, 4.69) is 5.32 Å². The summed E-state index contributed by atoms with van der Waals surface area (Å²) in [7, 11) is 0. The molecule has 1 rings (SSSR count). The standard InChI is InChI=1S/C10H14ClNO/c1-2-12-10(7-13)8-5-3-4-6-9(8)11/h3-6,10,12-13H,2,7H2,1H3. The lowest BCUT2D eigenvalue weighted by atomic mass is 10.1. The molecule has 72 valence electrons. The van der Waals surface area contributed by atoms with Crippen LogP contribution in [0.15, 0.2) is 24.3 Å². The molecule has 0 saturated heterocycles. The van der Waals surface area contributed by atoms with Gasteiger partial charge in [-0.05, 0) is 18.2 Å². The molecule has 0 heterocycles. The highest BCUT2D eigenvalue weighted by molar-refractivity contribution is 6.31. The smallest absolute Gasteiger partial charge is 0.0627 e. The average molecular weight is 200 g/mol. The van der Waals surface area contributed by atoms with Crippen LogP contribution in [0.3, 0.4) is 0 Å². The lowest BCUT2D eigenvalue weighted by Crippen LogP contribution is -2.24. The fourth-order valence-electron chi connectivity index (χ4n) is 1.28. The first-order valence-corrected chi connectivity index (χ1v) is 4.76. The lowest BCUT2D eigenvalue weighted by molar-refractivity contribution is 0.246. The Morgan fingerprint density at radius 3 is 2.69 bits per heavy atom. The topological polar surface area (TPSA) is 32.3 Å². The number of rotatable bonds is 4. The molecule has 0 aliphatic rings. The summed E-state index contributed by atoms with van der Waals surface area (Å²) in [5.74, 6) is 0. The maximum Gasteiger partial charge on any atom is 0.0627 e. The third kappa shape index (κ3) is 2.69. The van der Waals surface area contributed by atoms with E-state index in [-0.39, 0.29) is 12.6 Å². The van der Waals surface area contributed by atoms with E-state index in [4.69, 9.17) is 16.7 Å². The lowest BCUT2D eigenvalue weighted by Gasteiger charge is -2.16. The molecule has 1 unspecified atom stereocenters. The molecule has 0 fully saturated rings. The minimum absolute atomic E-state index is 0.0568. The minimum Gasteiger partial charge on any atom is -0.394 e. The first-order valence-electron chi connectivity index (χ1n) is 4.38. The van der Waals surface area contributed by atoms with Gasteiger partial charge in [-0.25, -0.2) is 0 Å². The van der Waals surface area contributed by atoms with E-state index in [1.54, 1.807) is 0 Å². The molecule has 13 heavy (non-hydrogen) atoms. The van der Waals surface area contributed by atoms with Gasteiger partial charge in [0.25, 0.3) is 0 Å². The van der Waals surface area contributed by atoms with Crippen LogP contribution in [-0.2, 0) is 0 Å². The molecular formula is C10H14ClNO. The number of hydrogen-bond donors (Lipinski definition) is 2. The Bertz CT molecular complexity index is 265. The average Bonchev–Trinajstić information content (AvgIpc) is 2.16. The van der Waals surface area contributed by atoms with Gasteiger partial charge in [0.05, 0.1) is 12.6 Å². The summed E-state index contributed by atoms with van der Waals surface area (Å²) in [6.45, 7) is 2.88. The Balaban J connectivity index is 2.84. The van der Waals surface area contributed by atoms with Gasteiger partial charge in [0, 0.05) is 5.02 Å². The van der Waals surface area contributed by atoms with Gasteiger partial charge in [-0.15, -0.1) is 0 Å². The zero-order valence-electron chi connectivity index (χ0n) is 7.63. The highest BCUT2D eigenvalue weighted by Gasteiger charge is 2.10. The van der Waals surface area contributed by atoms with Crippen molar-refractivity contribution in [2.75, 3.05) is 13.2 Å². The Hall–Kier alpha value is -0.570. The van der Waals surface area contributed by atoms with Crippen molar-refractivity contribution in [1.29, 1.82) is 0 Å². The van der Waals surface area contributed by atoms with E-state index in [0.29, 0.717) is 5.02 Å². The summed E-state index contributed by atoms with van der Waals surface area (Å²) in [5, 5.41) is 13.0. The van der Waals surface area contributed by atoms with E-state index < -0.39 is 0 Å².